The van der Waals surface area contributed by atoms with E-state index in [1.54, 1.807) is 11.9 Å². The molecule has 20 heavy (non-hydrogen) atoms. The van der Waals surface area contributed by atoms with Gasteiger partial charge in [-0.2, -0.15) is 4.98 Å². The molecule has 1 fully saturated rings. The van der Waals surface area contributed by atoms with Crippen LogP contribution >= 0.6 is 11.8 Å². The molecule has 1 aliphatic heterocycles. The third-order valence-corrected chi connectivity index (χ3v) is 3.98. The number of thioether (sulfide) groups is 1. The standard InChI is InChI=1S/C11H17N5O3S/c1-15-11(13-9(18)10(19)14-15)20-7-8(17)16-5-2-3-12-4-6-16/h12H,2-7H2,1H3,(H,14,19). The Balaban J connectivity index is 1.97. The van der Waals surface area contributed by atoms with Gasteiger partial charge < -0.3 is 10.2 Å². The fraction of sp³-hybridized carbons (Fsp3) is 0.636. The van der Waals surface area contributed by atoms with Crippen LogP contribution in [0.2, 0.25) is 0 Å². The summed E-state index contributed by atoms with van der Waals surface area (Å²) in [5.41, 5.74) is -1.60. The second-order valence-corrected chi connectivity index (χ2v) is 5.41. The third-order valence-electron chi connectivity index (χ3n) is 2.97. The van der Waals surface area contributed by atoms with Gasteiger partial charge in [0, 0.05) is 26.7 Å². The van der Waals surface area contributed by atoms with Gasteiger partial charge in [-0.15, -0.1) is 0 Å². The van der Waals surface area contributed by atoms with E-state index in [-0.39, 0.29) is 11.7 Å². The van der Waals surface area contributed by atoms with Crippen molar-refractivity contribution in [2.45, 2.75) is 11.6 Å². The highest BCUT2D eigenvalue weighted by Crippen LogP contribution is 2.12. The summed E-state index contributed by atoms with van der Waals surface area (Å²) in [6.45, 7) is 3.15. The molecule has 2 rings (SSSR count). The van der Waals surface area contributed by atoms with Gasteiger partial charge in [-0.25, -0.2) is 0 Å². The number of aromatic amines is 1. The van der Waals surface area contributed by atoms with Crippen LogP contribution in [0.3, 0.4) is 0 Å². The van der Waals surface area contributed by atoms with E-state index in [9.17, 15) is 14.4 Å². The van der Waals surface area contributed by atoms with Crippen molar-refractivity contribution < 1.29 is 4.79 Å². The van der Waals surface area contributed by atoms with Gasteiger partial charge in [-0.3, -0.25) is 24.2 Å². The lowest BCUT2D eigenvalue weighted by molar-refractivity contribution is -0.128. The largest absolute Gasteiger partial charge is 0.341 e. The number of aromatic nitrogens is 3. The normalized spacial score (nSPS) is 15.9. The van der Waals surface area contributed by atoms with E-state index in [0.717, 1.165) is 37.8 Å². The zero-order valence-corrected chi connectivity index (χ0v) is 12.0. The molecule has 1 saturated heterocycles. The van der Waals surface area contributed by atoms with Crippen molar-refractivity contribution in [3.63, 3.8) is 0 Å². The predicted octanol–water partition coefficient (Wildman–Crippen LogP) is -1.62. The number of hydrogen-bond acceptors (Lipinski definition) is 6. The summed E-state index contributed by atoms with van der Waals surface area (Å²) in [5.74, 6) is 0.214. The first-order valence-corrected chi connectivity index (χ1v) is 7.35. The van der Waals surface area contributed by atoms with Crippen molar-refractivity contribution in [1.29, 1.82) is 0 Å². The molecule has 9 heteroatoms. The maximum Gasteiger partial charge on any atom is 0.339 e. The molecule has 1 aliphatic rings. The van der Waals surface area contributed by atoms with Crippen LogP contribution in [0.1, 0.15) is 6.42 Å². The molecule has 0 radical (unpaired) electrons. The van der Waals surface area contributed by atoms with E-state index in [1.807, 2.05) is 0 Å². The summed E-state index contributed by atoms with van der Waals surface area (Å²) in [6.07, 6.45) is 0.936. The number of nitrogens with one attached hydrogen (secondary N) is 2. The van der Waals surface area contributed by atoms with Gasteiger partial charge in [0.25, 0.3) is 0 Å². The first-order valence-electron chi connectivity index (χ1n) is 6.36. The lowest BCUT2D eigenvalue weighted by Crippen LogP contribution is -2.36. The van der Waals surface area contributed by atoms with Crippen molar-refractivity contribution in [3.8, 4) is 0 Å². The van der Waals surface area contributed by atoms with Crippen LogP contribution in [0.5, 0.6) is 0 Å². The van der Waals surface area contributed by atoms with Gasteiger partial charge in [0.2, 0.25) is 5.91 Å². The number of hydrogen-bond donors (Lipinski definition) is 2. The number of rotatable bonds is 3. The van der Waals surface area contributed by atoms with Crippen molar-refractivity contribution in [2.75, 3.05) is 31.9 Å². The molecule has 1 aromatic rings. The van der Waals surface area contributed by atoms with Gasteiger partial charge in [0.05, 0.1) is 5.75 Å². The molecule has 0 aliphatic carbocycles. The third kappa shape index (κ3) is 3.70. The van der Waals surface area contributed by atoms with E-state index < -0.39 is 11.1 Å². The average molecular weight is 299 g/mol. The van der Waals surface area contributed by atoms with Crippen LogP contribution in [-0.2, 0) is 11.8 Å². The molecule has 0 bridgehead atoms. The summed E-state index contributed by atoms with van der Waals surface area (Å²) in [7, 11) is 1.58. The first kappa shape index (κ1) is 14.8. The maximum atomic E-state index is 12.1. The lowest BCUT2D eigenvalue weighted by Gasteiger charge is -2.19. The molecule has 0 aromatic carbocycles. The fourth-order valence-corrected chi connectivity index (χ4v) is 2.72. The Bertz CT molecular complexity index is 588. The van der Waals surface area contributed by atoms with Crippen molar-refractivity contribution >= 4 is 17.7 Å². The maximum absolute atomic E-state index is 12.1. The fourth-order valence-electron chi connectivity index (χ4n) is 1.90. The highest BCUT2D eigenvalue weighted by atomic mass is 32.2. The number of amides is 1. The van der Waals surface area contributed by atoms with Crippen LogP contribution in [0, 0.1) is 0 Å². The first-order chi connectivity index (χ1) is 9.58. The van der Waals surface area contributed by atoms with E-state index in [1.165, 1.54) is 4.68 Å². The summed E-state index contributed by atoms with van der Waals surface area (Å²) in [6, 6.07) is 0. The highest BCUT2D eigenvalue weighted by molar-refractivity contribution is 7.99. The van der Waals surface area contributed by atoms with Crippen molar-refractivity contribution in [1.82, 2.24) is 25.0 Å². The van der Waals surface area contributed by atoms with Crippen molar-refractivity contribution in [2.24, 2.45) is 7.05 Å². The predicted molar refractivity (Wildman–Crippen MR) is 74.9 cm³/mol. The minimum Gasteiger partial charge on any atom is -0.341 e. The van der Waals surface area contributed by atoms with Crippen LogP contribution in [0.25, 0.3) is 0 Å². The topological polar surface area (TPSA) is 100 Å². The molecule has 0 atom stereocenters. The number of aryl methyl sites for hydroxylation is 1. The minimum atomic E-state index is -0.836. The molecule has 1 aromatic heterocycles. The Morgan fingerprint density at radius 2 is 2.15 bits per heavy atom. The Morgan fingerprint density at radius 1 is 1.35 bits per heavy atom. The molecule has 0 saturated carbocycles. The molecule has 1 amide bonds. The van der Waals surface area contributed by atoms with Crippen LogP contribution in [0.4, 0.5) is 0 Å². The van der Waals surface area contributed by atoms with Crippen LogP contribution in [-0.4, -0.2) is 57.5 Å². The minimum absolute atomic E-state index is 0.0131. The lowest BCUT2D eigenvalue weighted by atomic mass is 10.4. The molecule has 110 valence electrons. The van der Waals surface area contributed by atoms with Gasteiger partial charge in [-0.1, -0.05) is 11.8 Å². The van der Waals surface area contributed by atoms with Gasteiger partial charge >= 0.3 is 11.1 Å². The van der Waals surface area contributed by atoms with Crippen LogP contribution < -0.4 is 16.4 Å². The Labute approximate surface area is 119 Å². The summed E-state index contributed by atoms with van der Waals surface area (Å²) in [4.78, 5) is 39.8. The second-order valence-electron chi connectivity index (χ2n) is 4.47. The Hall–Kier alpha value is -1.61. The SMILES string of the molecule is Cn1[nH]c(=O)c(=O)nc1SCC(=O)N1CCCNCC1. The van der Waals surface area contributed by atoms with Gasteiger partial charge in [0.15, 0.2) is 5.16 Å². The number of carbonyl (C=O) groups excluding carboxylic acids is 1. The van der Waals surface area contributed by atoms with E-state index in [0.29, 0.717) is 11.7 Å². The van der Waals surface area contributed by atoms with Gasteiger partial charge in [0.1, 0.15) is 0 Å². The molecule has 2 heterocycles. The highest BCUT2D eigenvalue weighted by Gasteiger charge is 2.16. The molecule has 2 N–H and O–H groups in total. The number of nitrogens with zero attached hydrogens (tertiary/aromatic N) is 3. The van der Waals surface area contributed by atoms with Crippen molar-refractivity contribution in [3.05, 3.63) is 20.7 Å². The average Bonchev–Trinajstić information content (AvgIpc) is 2.70. The zero-order chi connectivity index (χ0) is 14.5. The van der Waals surface area contributed by atoms with Crippen LogP contribution in [0.15, 0.2) is 14.7 Å². The van der Waals surface area contributed by atoms with E-state index >= 15 is 0 Å². The quantitative estimate of drug-likeness (QED) is 0.514. The Kier molecular flexibility index (Phi) is 4.96. The van der Waals surface area contributed by atoms with Gasteiger partial charge in [-0.05, 0) is 13.0 Å². The second kappa shape index (κ2) is 6.71. The van der Waals surface area contributed by atoms with E-state index in [4.69, 9.17) is 0 Å². The van der Waals surface area contributed by atoms with E-state index in [2.05, 4.69) is 15.4 Å². The molecular formula is C11H17N5O3S. The molecule has 0 unspecified atom stereocenters. The zero-order valence-electron chi connectivity index (χ0n) is 11.2. The molecule has 8 nitrogen and oxygen atoms in total. The summed E-state index contributed by atoms with van der Waals surface area (Å²) in [5, 5.41) is 5.91. The number of H-pyrrole nitrogens is 1. The monoisotopic (exact) mass is 299 g/mol. The number of carbonyl (C=O) groups is 1. The summed E-state index contributed by atoms with van der Waals surface area (Å²) >= 11 is 1.15. The smallest absolute Gasteiger partial charge is 0.339 e. The molecular weight excluding hydrogens is 282 g/mol. The summed E-state index contributed by atoms with van der Waals surface area (Å²) < 4.78 is 1.35. The Morgan fingerprint density at radius 3 is 2.95 bits per heavy atom. The molecule has 0 spiro atoms.